The molecule has 46 heavy (non-hydrogen) atoms. The summed E-state index contributed by atoms with van der Waals surface area (Å²) in [5.41, 5.74) is -2.75. The Morgan fingerprint density at radius 2 is 1.17 bits per heavy atom. The van der Waals surface area contributed by atoms with Crippen LogP contribution in [0.4, 0.5) is 48.3 Å². The van der Waals surface area contributed by atoms with E-state index in [1.54, 1.807) is 0 Å². The first-order valence-corrected chi connectivity index (χ1v) is 13.5. The molecule has 0 bridgehead atoms. The molecule has 0 unspecified atom stereocenters. The van der Waals surface area contributed by atoms with Gasteiger partial charge in [0.1, 0.15) is 34.6 Å². The van der Waals surface area contributed by atoms with Crippen LogP contribution in [0.25, 0.3) is 11.1 Å². The van der Waals surface area contributed by atoms with Gasteiger partial charge in [-0.2, -0.15) is 8.78 Å². The Labute approximate surface area is 255 Å². The molecule has 0 amide bonds. The molecule has 0 aliphatic carbocycles. The van der Waals surface area contributed by atoms with E-state index >= 15 is 0 Å². The average molecular weight is 659 g/mol. The minimum atomic E-state index is -5.37. The van der Waals surface area contributed by atoms with E-state index in [0.717, 1.165) is 61.4 Å². The van der Waals surface area contributed by atoms with Crippen LogP contribution in [0.3, 0.4) is 0 Å². The van der Waals surface area contributed by atoms with E-state index in [1.165, 1.54) is 0 Å². The molecule has 4 rings (SSSR count). The first kappa shape index (κ1) is 34.1. The summed E-state index contributed by atoms with van der Waals surface area (Å²) in [5, 5.41) is 0. The largest absolute Gasteiger partial charge is 0.573 e. The van der Waals surface area contributed by atoms with Crippen molar-refractivity contribution in [1.29, 1.82) is 0 Å². The summed E-state index contributed by atoms with van der Waals surface area (Å²) in [4.78, 5) is 0. The second-order valence-electron chi connectivity index (χ2n) is 9.92. The highest BCUT2D eigenvalue weighted by Crippen LogP contribution is 2.37. The van der Waals surface area contributed by atoms with Crippen molar-refractivity contribution < 1.29 is 57.8 Å². The summed E-state index contributed by atoms with van der Waals surface area (Å²) in [7, 11) is 0. The number of hydrogen-bond donors (Lipinski definition) is 0. The molecule has 0 spiro atoms. The van der Waals surface area contributed by atoms with Gasteiger partial charge in [-0.3, -0.25) is 0 Å². The van der Waals surface area contributed by atoms with Crippen LogP contribution in [0, 0.1) is 46.7 Å². The minimum Gasteiger partial charge on any atom is -0.429 e. The predicted octanol–water partition coefficient (Wildman–Crippen LogP) is 10.3. The molecule has 0 aromatic heterocycles. The molecule has 0 fully saturated rings. The van der Waals surface area contributed by atoms with Crippen molar-refractivity contribution in [2.24, 2.45) is 0 Å². The number of ether oxygens (including phenoxy) is 2. The molecule has 0 saturated heterocycles. The lowest BCUT2D eigenvalue weighted by atomic mass is 10.0. The van der Waals surface area contributed by atoms with E-state index in [9.17, 15) is 48.3 Å². The highest BCUT2D eigenvalue weighted by Gasteiger charge is 2.41. The monoisotopic (exact) mass is 658 g/mol. The third-order valence-electron chi connectivity index (χ3n) is 6.49. The smallest absolute Gasteiger partial charge is 0.429 e. The molecular weight excluding hydrogens is 637 g/mol. The molecule has 0 heterocycles. The standard InChI is InChI=1S/C33H21F11O2/c1-2-3-4-5-18-12-26(36)30(27(37)13-18)32(40,41)45-22-9-7-20(8-10-22)21-16-24(34)23(25(35)17-21)11-6-19-14-28(38)31(29(39)15-19)46-33(42,43)44/h7-10,12-17H,2-5H2,1H3. The van der Waals surface area contributed by atoms with E-state index in [1.807, 2.05) is 12.8 Å². The zero-order chi connectivity index (χ0) is 33.8. The number of hydrogen-bond acceptors (Lipinski definition) is 2. The van der Waals surface area contributed by atoms with Gasteiger partial charge in [-0.1, -0.05) is 43.7 Å². The van der Waals surface area contributed by atoms with E-state index in [2.05, 4.69) is 15.4 Å². The van der Waals surface area contributed by atoms with Gasteiger partial charge in [-0.15, -0.1) is 13.2 Å². The van der Waals surface area contributed by atoms with E-state index in [-0.39, 0.29) is 16.7 Å². The van der Waals surface area contributed by atoms with Gasteiger partial charge >= 0.3 is 12.5 Å². The van der Waals surface area contributed by atoms with Crippen LogP contribution in [0.2, 0.25) is 0 Å². The van der Waals surface area contributed by atoms with Crippen molar-refractivity contribution in [3.63, 3.8) is 0 Å². The maximum absolute atomic E-state index is 14.8. The fraction of sp³-hybridized carbons (Fsp3) is 0.212. The average Bonchev–Trinajstić information content (AvgIpc) is 2.94. The van der Waals surface area contributed by atoms with Crippen molar-refractivity contribution in [2.75, 3.05) is 0 Å². The molecule has 0 aliphatic heterocycles. The van der Waals surface area contributed by atoms with Gasteiger partial charge < -0.3 is 9.47 Å². The summed E-state index contributed by atoms with van der Waals surface area (Å²) in [5.74, 6) is -7.14. The Morgan fingerprint density at radius 3 is 1.70 bits per heavy atom. The van der Waals surface area contributed by atoms with E-state index in [4.69, 9.17) is 0 Å². The Morgan fingerprint density at radius 1 is 0.609 bits per heavy atom. The Kier molecular flexibility index (Phi) is 10.2. The van der Waals surface area contributed by atoms with Gasteiger partial charge in [-0.05, 0) is 78.1 Å². The van der Waals surface area contributed by atoms with Gasteiger partial charge in [0.2, 0.25) is 5.75 Å². The zero-order valence-corrected chi connectivity index (χ0v) is 23.6. The van der Waals surface area contributed by atoms with Crippen molar-refractivity contribution in [3.8, 4) is 34.5 Å². The first-order chi connectivity index (χ1) is 21.6. The molecule has 0 saturated carbocycles. The summed E-state index contributed by atoms with van der Waals surface area (Å²) in [6.07, 6.45) is -7.19. The number of halogens is 11. The lowest BCUT2D eigenvalue weighted by Gasteiger charge is -2.20. The first-order valence-electron chi connectivity index (χ1n) is 13.5. The second kappa shape index (κ2) is 13.7. The normalized spacial score (nSPS) is 11.7. The topological polar surface area (TPSA) is 18.5 Å². The van der Waals surface area contributed by atoms with Crippen molar-refractivity contribution in [3.05, 3.63) is 118 Å². The fourth-order valence-electron chi connectivity index (χ4n) is 4.38. The fourth-order valence-corrected chi connectivity index (χ4v) is 4.38. The molecular formula is C33H21F11O2. The molecule has 13 heteroatoms. The number of alkyl halides is 5. The number of rotatable bonds is 9. The summed E-state index contributed by atoms with van der Waals surface area (Å²) in [6.45, 7) is 1.93. The van der Waals surface area contributed by atoms with Crippen LogP contribution in [0.5, 0.6) is 11.5 Å². The van der Waals surface area contributed by atoms with E-state index < -0.39 is 75.6 Å². The molecule has 0 N–H and O–H groups in total. The van der Waals surface area contributed by atoms with Gasteiger partial charge in [-0.25, -0.2) is 26.3 Å². The van der Waals surface area contributed by atoms with Crippen molar-refractivity contribution in [1.82, 2.24) is 0 Å². The summed E-state index contributed by atoms with van der Waals surface area (Å²) < 4.78 is 161. The van der Waals surface area contributed by atoms with Crippen LogP contribution in [-0.2, 0) is 12.5 Å². The number of aryl methyl sites for hydroxylation is 1. The Hall–Kier alpha value is -4.73. The maximum atomic E-state index is 14.8. The summed E-state index contributed by atoms with van der Waals surface area (Å²) >= 11 is 0. The highest BCUT2D eigenvalue weighted by molar-refractivity contribution is 5.66. The molecule has 0 atom stereocenters. The van der Waals surface area contributed by atoms with Crippen molar-refractivity contribution in [2.45, 2.75) is 45.1 Å². The SMILES string of the molecule is CCCCCc1cc(F)c(C(F)(F)Oc2ccc(-c3cc(F)c(C#Cc4cc(F)c(OC(F)(F)F)c(F)c4)c(F)c3)cc2)c(F)c1. The van der Waals surface area contributed by atoms with E-state index in [0.29, 0.717) is 25.0 Å². The molecule has 4 aromatic rings. The molecule has 242 valence electrons. The zero-order valence-electron chi connectivity index (χ0n) is 23.6. The van der Waals surface area contributed by atoms with Crippen LogP contribution < -0.4 is 9.47 Å². The summed E-state index contributed by atoms with van der Waals surface area (Å²) in [6, 6.07) is 8.28. The predicted molar refractivity (Wildman–Crippen MR) is 145 cm³/mol. The molecule has 4 aromatic carbocycles. The van der Waals surface area contributed by atoms with Gasteiger partial charge in [0.05, 0.1) is 5.56 Å². The van der Waals surface area contributed by atoms with Gasteiger partial charge in [0.15, 0.2) is 11.6 Å². The Bertz CT molecular complexity index is 1720. The number of unbranched alkanes of at least 4 members (excludes halogenated alkanes) is 2. The minimum absolute atomic E-state index is 0.0969. The van der Waals surface area contributed by atoms with Gasteiger partial charge in [0, 0.05) is 5.56 Å². The molecule has 0 aliphatic rings. The lowest BCUT2D eigenvalue weighted by molar-refractivity contribution is -0.276. The lowest BCUT2D eigenvalue weighted by Crippen LogP contribution is -2.25. The third kappa shape index (κ3) is 8.29. The Balaban J connectivity index is 1.52. The quantitative estimate of drug-likeness (QED) is 0.101. The molecule has 2 nitrogen and oxygen atoms in total. The van der Waals surface area contributed by atoms with Crippen LogP contribution >= 0.6 is 0 Å². The van der Waals surface area contributed by atoms with Gasteiger partial charge in [0.25, 0.3) is 0 Å². The highest BCUT2D eigenvalue weighted by atomic mass is 19.4. The van der Waals surface area contributed by atoms with Crippen LogP contribution in [-0.4, -0.2) is 6.36 Å². The van der Waals surface area contributed by atoms with Crippen LogP contribution in [0.1, 0.15) is 48.4 Å². The number of benzene rings is 4. The second-order valence-corrected chi connectivity index (χ2v) is 9.92. The van der Waals surface area contributed by atoms with Crippen LogP contribution in [0.15, 0.2) is 60.7 Å². The van der Waals surface area contributed by atoms with Crippen molar-refractivity contribution >= 4 is 0 Å². The molecule has 0 radical (unpaired) electrons. The third-order valence-corrected chi connectivity index (χ3v) is 6.49. The maximum Gasteiger partial charge on any atom is 0.573 e.